The van der Waals surface area contributed by atoms with Gasteiger partial charge in [-0.3, -0.25) is 19.1 Å². The molecule has 0 atom stereocenters. The fraction of sp³-hybridized carbons (Fsp3) is 0.312. The van der Waals surface area contributed by atoms with Gasteiger partial charge in [0, 0.05) is 19.7 Å². The van der Waals surface area contributed by atoms with Crippen LogP contribution in [-0.2, 0) is 27.5 Å². The van der Waals surface area contributed by atoms with Gasteiger partial charge >= 0.3 is 11.7 Å². The van der Waals surface area contributed by atoms with Gasteiger partial charge in [-0.15, -0.1) is 0 Å². The predicted molar refractivity (Wildman–Crippen MR) is 87.7 cm³/mol. The first kappa shape index (κ1) is 17.5. The fourth-order valence-corrected chi connectivity index (χ4v) is 1.93. The Labute approximate surface area is 138 Å². The summed E-state index contributed by atoms with van der Waals surface area (Å²) < 4.78 is 11.2. The highest BCUT2D eigenvalue weighted by atomic mass is 16.6. The first-order chi connectivity index (χ1) is 11.6. The average Bonchev–Trinajstić information content (AvgIpc) is 2.56. The molecule has 8 heteroatoms. The van der Waals surface area contributed by atoms with Gasteiger partial charge in [-0.05, 0) is 5.56 Å². The van der Waals surface area contributed by atoms with E-state index in [0.717, 1.165) is 5.56 Å². The minimum Gasteiger partial charge on any atom is -0.463 e. The normalized spacial score (nSPS) is 10.4. The van der Waals surface area contributed by atoms with Gasteiger partial charge in [0.15, 0.2) is 0 Å². The third kappa shape index (κ3) is 5.40. The lowest BCUT2D eigenvalue weighted by Gasteiger charge is -2.10. The lowest BCUT2D eigenvalue weighted by Crippen LogP contribution is -2.32. The molecule has 0 bridgehead atoms. The van der Waals surface area contributed by atoms with Crippen LogP contribution in [-0.4, -0.2) is 28.7 Å². The molecule has 0 aliphatic rings. The SMILES string of the molecule is CC(=O)OCCOCn1cc(NCc2ccccc2)c(=O)[nH]c1=O. The molecule has 2 N–H and O–H groups in total. The summed E-state index contributed by atoms with van der Waals surface area (Å²) in [5, 5.41) is 2.98. The summed E-state index contributed by atoms with van der Waals surface area (Å²) in [4.78, 5) is 36.4. The molecule has 0 saturated carbocycles. The second-order valence-corrected chi connectivity index (χ2v) is 4.99. The maximum atomic E-state index is 11.8. The van der Waals surface area contributed by atoms with Crippen LogP contribution in [0.15, 0.2) is 46.1 Å². The van der Waals surface area contributed by atoms with Crippen molar-refractivity contribution in [3.8, 4) is 0 Å². The molecule has 0 aliphatic heterocycles. The number of nitrogens with zero attached hydrogens (tertiary/aromatic N) is 1. The number of aromatic nitrogens is 2. The van der Waals surface area contributed by atoms with E-state index in [9.17, 15) is 14.4 Å². The van der Waals surface area contributed by atoms with E-state index in [1.807, 2.05) is 30.3 Å². The van der Waals surface area contributed by atoms with Crippen LogP contribution in [0.25, 0.3) is 0 Å². The number of rotatable bonds is 8. The lowest BCUT2D eigenvalue weighted by atomic mass is 10.2. The first-order valence-electron chi connectivity index (χ1n) is 7.39. The number of ether oxygens (including phenoxy) is 2. The Morgan fingerprint density at radius 1 is 1.21 bits per heavy atom. The number of benzene rings is 1. The number of carbonyl (C=O) groups excluding carboxylic acids is 1. The van der Waals surface area contributed by atoms with Gasteiger partial charge in [0.2, 0.25) is 0 Å². The summed E-state index contributed by atoms with van der Waals surface area (Å²) >= 11 is 0. The Bertz CT molecular complexity index is 782. The van der Waals surface area contributed by atoms with Crippen LogP contribution in [0.1, 0.15) is 12.5 Å². The van der Waals surface area contributed by atoms with E-state index in [1.165, 1.54) is 17.7 Å². The largest absolute Gasteiger partial charge is 0.463 e. The quantitative estimate of drug-likeness (QED) is 0.544. The minimum atomic E-state index is -0.572. The number of anilines is 1. The molecule has 8 nitrogen and oxygen atoms in total. The van der Waals surface area contributed by atoms with E-state index in [1.54, 1.807) is 0 Å². The van der Waals surface area contributed by atoms with E-state index in [2.05, 4.69) is 10.3 Å². The number of esters is 1. The number of aromatic amines is 1. The van der Waals surface area contributed by atoms with Crippen LogP contribution in [0.5, 0.6) is 0 Å². The predicted octanol–water partition coefficient (Wildman–Crippen LogP) is 0.686. The standard InChI is InChI=1S/C16H19N3O5/c1-12(20)24-8-7-23-11-19-10-14(15(21)18-16(19)22)17-9-13-5-3-2-4-6-13/h2-6,10,17H,7-9,11H2,1H3,(H,18,21,22). The van der Waals surface area contributed by atoms with Gasteiger partial charge in [0.05, 0.1) is 6.61 Å². The summed E-state index contributed by atoms with van der Waals surface area (Å²) in [5.74, 6) is -0.396. The Morgan fingerprint density at radius 3 is 2.67 bits per heavy atom. The lowest BCUT2D eigenvalue weighted by molar-refractivity contribution is -0.142. The van der Waals surface area contributed by atoms with E-state index < -0.39 is 17.2 Å². The second-order valence-electron chi connectivity index (χ2n) is 4.99. The molecule has 1 aromatic carbocycles. The third-order valence-corrected chi connectivity index (χ3v) is 3.10. The molecule has 0 spiro atoms. The van der Waals surface area contributed by atoms with Gasteiger partial charge in [0.1, 0.15) is 19.0 Å². The van der Waals surface area contributed by atoms with Gasteiger partial charge in [0.25, 0.3) is 5.56 Å². The second kappa shape index (κ2) is 8.68. The molecule has 0 fully saturated rings. The van der Waals surface area contributed by atoms with Crippen molar-refractivity contribution in [2.75, 3.05) is 18.5 Å². The van der Waals surface area contributed by atoms with Crippen molar-refractivity contribution in [1.82, 2.24) is 9.55 Å². The van der Waals surface area contributed by atoms with Crippen LogP contribution in [0.4, 0.5) is 5.69 Å². The zero-order chi connectivity index (χ0) is 17.4. The number of hydrogen-bond donors (Lipinski definition) is 2. The molecule has 24 heavy (non-hydrogen) atoms. The highest BCUT2D eigenvalue weighted by molar-refractivity contribution is 5.65. The Hall–Kier alpha value is -2.87. The molecule has 2 aromatic rings. The summed E-state index contributed by atoms with van der Waals surface area (Å²) in [6.07, 6.45) is 1.40. The zero-order valence-corrected chi connectivity index (χ0v) is 13.3. The molecule has 1 aromatic heterocycles. The van der Waals surface area contributed by atoms with Crippen LogP contribution in [0, 0.1) is 0 Å². The van der Waals surface area contributed by atoms with Crippen LogP contribution < -0.4 is 16.6 Å². The van der Waals surface area contributed by atoms with E-state index in [4.69, 9.17) is 9.47 Å². The third-order valence-electron chi connectivity index (χ3n) is 3.10. The smallest absolute Gasteiger partial charge is 0.330 e. The molecule has 0 aliphatic carbocycles. The van der Waals surface area contributed by atoms with Crippen LogP contribution in [0.3, 0.4) is 0 Å². The monoisotopic (exact) mass is 333 g/mol. The molecule has 0 radical (unpaired) electrons. The van der Waals surface area contributed by atoms with Crippen molar-refractivity contribution in [2.24, 2.45) is 0 Å². The summed E-state index contributed by atoms with van der Waals surface area (Å²) in [7, 11) is 0. The number of hydrogen-bond acceptors (Lipinski definition) is 6. The van der Waals surface area contributed by atoms with Crippen LogP contribution in [0.2, 0.25) is 0 Å². The number of carbonyl (C=O) groups is 1. The Kier molecular flexibility index (Phi) is 6.32. The topological polar surface area (TPSA) is 102 Å². The maximum absolute atomic E-state index is 11.8. The highest BCUT2D eigenvalue weighted by Gasteiger charge is 2.05. The van der Waals surface area contributed by atoms with Gasteiger partial charge < -0.3 is 14.8 Å². The fourth-order valence-electron chi connectivity index (χ4n) is 1.93. The van der Waals surface area contributed by atoms with Crippen molar-refractivity contribution in [3.05, 3.63) is 62.9 Å². The van der Waals surface area contributed by atoms with E-state index >= 15 is 0 Å². The zero-order valence-electron chi connectivity index (χ0n) is 13.3. The number of nitrogens with one attached hydrogen (secondary N) is 2. The molecule has 128 valence electrons. The van der Waals surface area contributed by atoms with E-state index in [-0.39, 0.29) is 25.6 Å². The Balaban J connectivity index is 1.96. The van der Waals surface area contributed by atoms with Crippen molar-refractivity contribution in [3.63, 3.8) is 0 Å². The van der Waals surface area contributed by atoms with Crippen molar-refractivity contribution >= 4 is 11.7 Å². The van der Waals surface area contributed by atoms with Crippen molar-refractivity contribution in [1.29, 1.82) is 0 Å². The van der Waals surface area contributed by atoms with Crippen molar-refractivity contribution < 1.29 is 14.3 Å². The molecule has 0 saturated heterocycles. The summed E-state index contributed by atoms with van der Waals surface area (Å²) in [6, 6.07) is 9.56. The molecule has 2 rings (SSSR count). The molecular formula is C16H19N3O5. The van der Waals surface area contributed by atoms with Crippen LogP contribution >= 0.6 is 0 Å². The molecule has 0 unspecified atom stereocenters. The van der Waals surface area contributed by atoms with Crippen molar-refractivity contribution in [2.45, 2.75) is 20.2 Å². The maximum Gasteiger partial charge on any atom is 0.330 e. The number of H-pyrrole nitrogens is 1. The molecule has 1 heterocycles. The molecule has 0 amide bonds. The average molecular weight is 333 g/mol. The molecular weight excluding hydrogens is 314 g/mol. The van der Waals surface area contributed by atoms with E-state index in [0.29, 0.717) is 6.54 Å². The summed E-state index contributed by atoms with van der Waals surface area (Å²) in [5.41, 5.74) is 0.208. The summed E-state index contributed by atoms with van der Waals surface area (Å²) in [6.45, 7) is 1.95. The minimum absolute atomic E-state index is 0.0586. The van der Waals surface area contributed by atoms with Gasteiger partial charge in [-0.2, -0.15) is 0 Å². The Morgan fingerprint density at radius 2 is 1.96 bits per heavy atom. The highest BCUT2D eigenvalue weighted by Crippen LogP contribution is 2.03. The van der Waals surface area contributed by atoms with Gasteiger partial charge in [-0.25, -0.2) is 4.79 Å². The van der Waals surface area contributed by atoms with Gasteiger partial charge in [-0.1, -0.05) is 30.3 Å². The first-order valence-corrected chi connectivity index (χ1v) is 7.39.